The molecule has 0 aliphatic heterocycles. The predicted molar refractivity (Wildman–Crippen MR) is 88.9 cm³/mol. The van der Waals surface area contributed by atoms with Crippen molar-refractivity contribution < 1.29 is 9.53 Å². The number of carbonyl (C=O) groups is 1. The Morgan fingerprint density at radius 1 is 1.30 bits per heavy atom. The Kier molecular flexibility index (Phi) is 4.84. The molecular formula is C15H15IN2O2. The summed E-state index contributed by atoms with van der Waals surface area (Å²) in [6.07, 6.45) is 0. The van der Waals surface area contributed by atoms with Crippen LogP contribution in [0.4, 0.5) is 11.4 Å². The molecule has 0 aromatic heterocycles. The summed E-state index contributed by atoms with van der Waals surface area (Å²) in [5.74, 6) is 0.440. The van der Waals surface area contributed by atoms with Crippen molar-refractivity contribution in [1.82, 2.24) is 0 Å². The average Bonchev–Trinajstić information content (AvgIpc) is 2.41. The van der Waals surface area contributed by atoms with Gasteiger partial charge in [-0.2, -0.15) is 0 Å². The first-order chi connectivity index (χ1) is 9.56. The van der Waals surface area contributed by atoms with Gasteiger partial charge < -0.3 is 15.8 Å². The molecule has 0 fully saturated rings. The molecule has 0 bridgehead atoms. The molecule has 0 saturated carbocycles. The molecule has 0 radical (unpaired) electrons. The number of hydrogen-bond acceptors (Lipinski definition) is 3. The van der Waals surface area contributed by atoms with Crippen molar-refractivity contribution >= 4 is 39.9 Å². The minimum Gasteiger partial charge on any atom is -0.484 e. The third kappa shape index (κ3) is 3.86. The van der Waals surface area contributed by atoms with Gasteiger partial charge in [-0.3, -0.25) is 4.79 Å². The summed E-state index contributed by atoms with van der Waals surface area (Å²) in [6, 6.07) is 13.0. The molecule has 0 saturated heterocycles. The van der Waals surface area contributed by atoms with E-state index in [1.807, 2.05) is 43.3 Å². The molecule has 4 nitrogen and oxygen atoms in total. The van der Waals surface area contributed by atoms with E-state index in [9.17, 15) is 4.79 Å². The first-order valence-corrected chi connectivity index (χ1v) is 7.17. The Labute approximate surface area is 131 Å². The number of nitrogens with two attached hydrogens (primary N) is 1. The highest BCUT2D eigenvalue weighted by Crippen LogP contribution is 2.22. The van der Waals surface area contributed by atoms with Gasteiger partial charge in [0, 0.05) is 3.57 Å². The van der Waals surface area contributed by atoms with Crippen LogP contribution in [0.15, 0.2) is 42.5 Å². The molecule has 2 aromatic rings. The van der Waals surface area contributed by atoms with Crippen LogP contribution < -0.4 is 15.8 Å². The number of para-hydroxylation sites is 1. The van der Waals surface area contributed by atoms with Gasteiger partial charge in [-0.25, -0.2) is 0 Å². The van der Waals surface area contributed by atoms with Gasteiger partial charge in [-0.05, 0) is 59.3 Å². The van der Waals surface area contributed by atoms with E-state index in [-0.39, 0.29) is 12.5 Å². The third-order valence-electron chi connectivity index (χ3n) is 2.74. The number of nitrogen functional groups attached to an aromatic ring is 1. The second kappa shape index (κ2) is 6.60. The number of rotatable bonds is 4. The van der Waals surface area contributed by atoms with Crippen molar-refractivity contribution in [2.75, 3.05) is 17.7 Å². The molecular weight excluding hydrogens is 367 g/mol. The van der Waals surface area contributed by atoms with Crippen molar-refractivity contribution in [2.45, 2.75) is 6.92 Å². The van der Waals surface area contributed by atoms with Crippen LogP contribution in [0.1, 0.15) is 5.56 Å². The number of nitrogens with one attached hydrogen (secondary N) is 1. The van der Waals surface area contributed by atoms with Gasteiger partial charge in [0.05, 0.1) is 11.4 Å². The Morgan fingerprint density at radius 3 is 2.75 bits per heavy atom. The molecule has 3 N–H and O–H groups in total. The van der Waals surface area contributed by atoms with Crippen molar-refractivity contribution in [3.63, 3.8) is 0 Å². The maximum Gasteiger partial charge on any atom is 0.262 e. The molecule has 0 unspecified atom stereocenters. The first-order valence-electron chi connectivity index (χ1n) is 6.09. The highest BCUT2D eigenvalue weighted by atomic mass is 127. The van der Waals surface area contributed by atoms with Crippen LogP contribution in [-0.4, -0.2) is 12.5 Å². The van der Waals surface area contributed by atoms with Crippen molar-refractivity contribution in [2.24, 2.45) is 0 Å². The van der Waals surface area contributed by atoms with Gasteiger partial charge in [-0.1, -0.05) is 18.2 Å². The number of halogens is 1. The van der Waals surface area contributed by atoms with E-state index >= 15 is 0 Å². The van der Waals surface area contributed by atoms with E-state index in [4.69, 9.17) is 10.5 Å². The zero-order chi connectivity index (χ0) is 14.5. The summed E-state index contributed by atoms with van der Waals surface area (Å²) >= 11 is 2.19. The number of ether oxygens (including phenoxy) is 1. The lowest BCUT2D eigenvalue weighted by Gasteiger charge is -2.11. The van der Waals surface area contributed by atoms with Crippen LogP contribution in [0.3, 0.4) is 0 Å². The molecule has 5 heteroatoms. The third-order valence-corrected chi connectivity index (χ3v) is 3.41. The molecule has 0 aliphatic rings. The fourth-order valence-corrected chi connectivity index (χ4v) is 2.26. The first kappa shape index (κ1) is 14.6. The second-order valence-electron chi connectivity index (χ2n) is 4.33. The van der Waals surface area contributed by atoms with E-state index in [1.54, 1.807) is 6.07 Å². The normalized spacial score (nSPS) is 10.1. The summed E-state index contributed by atoms with van der Waals surface area (Å²) < 4.78 is 6.50. The smallest absolute Gasteiger partial charge is 0.262 e. The van der Waals surface area contributed by atoms with Crippen LogP contribution in [0.2, 0.25) is 0 Å². The fraction of sp³-hybridized carbons (Fsp3) is 0.133. The number of aryl methyl sites for hydroxylation is 1. The van der Waals surface area contributed by atoms with Gasteiger partial charge in [0.25, 0.3) is 5.91 Å². The highest BCUT2D eigenvalue weighted by Gasteiger charge is 2.08. The fourth-order valence-electron chi connectivity index (χ4n) is 1.74. The lowest BCUT2D eigenvalue weighted by Crippen LogP contribution is -2.21. The standard InChI is InChI=1S/C15H15IN2O2/c1-10-4-2-7-13(17)15(10)18-14(19)9-20-12-6-3-5-11(16)8-12/h2-8H,9,17H2,1H3,(H,18,19). The average molecular weight is 382 g/mol. The topological polar surface area (TPSA) is 64.3 Å². The maximum absolute atomic E-state index is 11.9. The molecule has 2 rings (SSSR count). The molecule has 2 aromatic carbocycles. The van der Waals surface area contributed by atoms with E-state index in [1.165, 1.54) is 0 Å². The number of hydrogen-bond donors (Lipinski definition) is 2. The van der Waals surface area contributed by atoms with Gasteiger partial charge >= 0.3 is 0 Å². The monoisotopic (exact) mass is 382 g/mol. The summed E-state index contributed by atoms with van der Waals surface area (Å²) in [7, 11) is 0. The second-order valence-corrected chi connectivity index (χ2v) is 5.58. The predicted octanol–water partition coefficient (Wildman–Crippen LogP) is 3.20. The SMILES string of the molecule is Cc1cccc(N)c1NC(=O)COc1cccc(I)c1. The minimum absolute atomic E-state index is 0.0478. The molecule has 0 heterocycles. The molecule has 1 amide bonds. The van der Waals surface area contributed by atoms with Crippen molar-refractivity contribution in [3.05, 3.63) is 51.6 Å². The number of carbonyl (C=O) groups excluding carboxylic acids is 1. The Morgan fingerprint density at radius 2 is 2.05 bits per heavy atom. The highest BCUT2D eigenvalue weighted by molar-refractivity contribution is 14.1. The zero-order valence-corrected chi connectivity index (χ0v) is 13.2. The molecule has 20 heavy (non-hydrogen) atoms. The lowest BCUT2D eigenvalue weighted by atomic mass is 10.1. The molecule has 0 spiro atoms. The van der Waals surface area contributed by atoms with Crippen LogP contribution >= 0.6 is 22.6 Å². The van der Waals surface area contributed by atoms with E-state index in [0.29, 0.717) is 17.1 Å². The summed E-state index contributed by atoms with van der Waals surface area (Å²) in [5, 5.41) is 2.77. The quantitative estimate of drug-likeness (QED) is 0.631. The minimum atomic E-state index is -0.232. The number of anilines is 2. The summed E-state index contributed by atoms with van der Waals surface area (Å²) in [5.41, 5.74) is 7.96. The number of amides is 1. The lowest BCUT2D eigenvalue weighted by molar-refractivity contribution is -0.118. The van der Waals surface area contributed by atoms with Crippen LogP contribution in [0, 0.1) is 10.5 Å². The van der Waals surface area contributed by atoms with Crippen LogP contribution in [0.25, 0.3) is 0 Å². The van der Waals surface area contributed by atoms with Gasteiger partial charge in [0.1, 0.15) is 5.75 Å². The maximum atomic E-state index is 11.9. The van der Waals surface area contributed by atoms with Gasteiger partial charge in [0.15, 0.2) is 6.61 Å². The molecule has 0 atom stereocenters. The number of benzene rings is 2. The molecule has 104 valence electrons. The van der Waals surface area contributed by atoms with E-state index < -0.39 is 0 Å². The largest absolute Gasteiger partial charge is 0.484 e. The van der Waals surface area contributed by atoms with Gasteiger partial charge in [-0.15, -0.1) is 0 Å². The summed E-state index contributed by atoms with van der Waals surface area (Å²) in [4.78, 5) is 11.9. The summed E-state index contributed by atoms with van der Waals surface area (Å²) in [6.45, 7) is 1.85. The van der Waals surface area contributed by atoms with Crippen LogP contribution in [0.5, 0.6) is 5.75 Å². The van der Waals surface area contributed by atoms with Crippen molar-refractivity contribution in [3.8, 4) is 5.75 Å². The van der Waals surface area contributed by atoms with Gasteiger partial charge in [0.2, 0.25) is 0 Å². The van der Waals surface area contributed by atoms with Crippen LogP contribution in [-0.2, 0) is 4.79 Å². The van der Waals surface area contributed by atoms with Crippen molar-refractivity contribution in [1.29, 1.82) is 0 Å². The zero-order valence-electron chi connectivity index (χ0n) is 11.0. The Bertz CT molecular complexity index is 609. The Balaban J connectivity index is 1.96. The van der Waals surface area contributed by atoms with E-state index in [2.05, 4.69) is 27.9 Å². The van der Waals surface area contributed by atoms with E-state index in [0.717, 1.165) is 9.13 Å². The Hall–Kier alpha value is -1.76. The molecule has 0 aliphatic carbocycles.